The van der Waals surface area contributed by atoms with E-state index in [4.69, 9.17) is 0 Å². The maximum atomic E-state index is 9.22. The van der Waals surface area contributed by atoms with Gasteiger partial charge in [0.25, 0.3) is 0 Å². The molecule has 0 radical (unpaired) electrons. The third kappa shape index (κ3) is 5.99. The molecule has 208 valence electrons. The molecule has 4 aromatic carbocycles. The summed E-state index contributed by atoms with van der Waals surface area (Å²) in [5.41, 5.74) is 4.60. The first-order chi connectivity index (χ1) is 21.3. The molecule has 3 aromatic heterocycles. The van der Waals surface area contributed by atoms with Crippen molar-refractivity contribution in [1.82, 2.24) is 39.7 Å². The first-order valence-electron chi connectivity index (χ1n) is 13.7. The third-order valence-electron chi connectivity index (χ3n) is 7.00. The predicted molar refractivity (Wildman–Crippen MR) is 163 cm³/mol. The molecule has 9 heteroatoms. The number of tetrazole rings is 1. The van der Waals surface area contributed by atoms with Gasteiger partial charge in [-0.05, 0) is 27.5 Å². The number of nitrogens with zero attached hydrogens (tertiary/aromatic N) is 8. The Labute approximate surface area is 248 Å². The smallest absolute Gasteiger partial charge is 0.240 e. The molecule has 43 heavy (non-hydrogen) atoms. The Morgan fingerprint density at radius 3 is 1.47 bits per heavy atom. The molecule has 7 aromatic rings. The van der Waals surface area contributed by atoms with Gasteiger partial charge in [-0.1, -0.05) is 121 Å². The van der Waals surface area contributed by atoms with E-state index in [9.17, 15) is 5.26 Å². The van der Waals surface area contributed by atoms with Gasteiger partial charge in [-0.25, -0.2) is 9.97 Å². The maximum Gasteiger partial charge on any atom is 0.240 e. The highest BCUT2D eigenvalue weighted by atomic mass is 15.5. The zero-order chi connectivity index (χ0) is 29.3. The average Bonchev–Trinajstić information content (AvgIpc) is 3.87. The monoisotopic (exact) mass is 561 g/mol. The molecule has 9 nitrogen and oxygen atoms in total. The molecular weight excluding hydrogens is 534 g/mol. The number of nitriles is 1. The van der Waals surface area contributed by atoms with Crippen molar-refractivity contribution in [2.75, 3.05) is 0 Å². The van der Waals surface area contributed by atoms with Gasteiger partial charge >= 0.3 is 0 Å². The molecule has 0 saturated carbocycles. The summed E-state index contributed by atoms with van der Waals surface area (Å²) in [4.78, 5) is 8.52. The van der Waals surface area contributed by atoms with Crippen LogP contribution in [0.2, 0.25) is 0 Å². The summed E-state index contributed by atoms with van der Waals surface area (Å²) < 4.78 is 3.97. The van der Waals surface area contributed by atoms with Crippen molar-refractivity contribution in [3.05, 3.63) is 174 Å². The normalized spacial score (nSPS) is 10.7. The molecule has 0 amide bonds. The summed E-state index contributed by atoms with van der Waals surface area (Å²) in [6.45, 7) is 0. The molecule has 7 rings (SSSR count). The molecule has 0 aliphatic heterocycles. The number of hydrogen-bond acceptors (Lipinski definition) is 6. The summed E-state index contributed by atoms with van der Waals surface area (Å²) >= 11 is 0. The van der Waals surface area contributed by atoms with E-state index in [-0.39, 0.29) is 12.1 Å². The SMILES string of the molecule is N#Cc1nccn1C(c1ccccc1)c1ccccc1.c1ccc(C(c2ccccc2)n2ccnc2-c2nn[nH]n2)cc1. The van der Waals surface area contributed by atoms with Crippen molar-refractivity contribution in [3.63, 3.8) is 0 Å². The Morgan fingerprint density at radius 2 is 1.02 bits per heavy atom. The first-order valence-corrected chi connectivity index (χ1v) is 13.7. The molecular formula is C34H27N9. The van der Waals surface area contributed by atoms with E-state index in [1.54, 1.807) is 12.4 Å². The van der Waals surface area contributed by atoms with Gasteiger partial charge in [0.2, 0.25) is 11.6 Å². The fourth-order valence-corrected chi connectivity index (χ4v) is 5.13. The zero-order valence-electron chi connectivity index (χ0n) is 23.1. The van der Waals surface area contributed by atoms with Crippen LogP contribution < -0.4 is 0 Å². The van der Waals surface area contributed by atoms with Gasteiger partial charge in [0, 0.05) is 24.8 Å². The van der Waals surface area contributed by atoms with Crippen LogP contribution in [0.1, 0.15) is 40.2 Å². The maximum absolute atomic E-state index is 9.22. The Hall–Kier alpha value is -6.14. The number of aromatic amines is 1. The second-order valence-electron chi connectivity index (χ2n) is 9.61. The highest BCUT2D eigenvalue weighted by molar-refractivity contribution is 5.45. The van der Waals surface area contributed by atoms with Crippen molar-refractivity contribution in [3.8, 4) is 17.7 Å². The van der Waals surface area contributed by atoms with Crippen LogP contribution in [-0.4, -0.2) is 39.7 Å². The number of rotatable bonds is 7. The quantitative estimate of drug-likeness (QED) is 0.252. The van der Waals surface area contributed by atoms with Gasteiger partial charge in [-0.3, -0.25) is 0 Å². The van der Waals surface area contributed by atoms with Gasteiger partial charge in [0.05, 0.1) is 12.1 Å². The first kappa shape index (κ1) is 27.1. The Morgan fingerprint density at radius 1 is 0.581 bits per heavy atom. The van der Waals surface area contributed by atoms with Gasteiger partial charge in [0.15, 0.2) is 5.82 Å². The molecule has 0 spiro atoms. The summed E-state index contributed by atoms with van der Waals surface area (Å²) in [6, 6.07) is 43.0. The molecule has 0 unspecified atom stereocenters. The lowest BCUT2D eigenvalue weighted by molar-refractivity contribution is 0.667. The lowest BCUT2D eigenvalue weighted by Crippen LogP contribution is -2.13. The van der Waals surface area contributed by atoms with Crippen molar-refractivity contribution < 1.29 is 0 Å². The lowest BCUT2D eigenvalue weighted by atomic mass is 9.98. The summed E-state index contributed by atoms with van der Waals surface area (Å²) in [6.07, 6.45) is 7.21. The van der Waals surface area contributed by atoms with Crippen LogP contribution in [0.4, 0.5) is 0 Å². The van der Waals surface area contributed by atoms with Crippen LogP contribution in [0.15, 0.2) is 146 Å². The van der Waals surface area contributed by atoms with Crippen molar-refractivity contribution in [2.24, 2.45) is 0 Å². The van der Waals surface area contributed by atoms with Gasteiger partial charge < -0.3 is 9.13 Å². The van der Waals surface area contributed by atoms with E-state index in [0.717, 1.165) is 11.1 Å². The minimum Gasteiger partial charge on any atom is -0.317 e. The summed E-state index contributed by atoms with van der Waals surface area (Å²) in [5.74, 6) is 1.58. The Bertz CT molecular complexity index is 1790. The lowest BCUT2D eigenvalue weighted by Gasteiger charge is -2.21. The van der Waals surface area contributed by atoms with Crippen molar-refractivity contribution in [2.45, 2.75) is 12.1 Å². The highest BCUT2D eigenvalue weighted by Gasteiger charge is 2.21. The highest BCUT2D eigenvalue weighted by Crippen LogP contribution is 2.30. The standard InChI is InChI=1S/C17H14N6.C17H13N3/c1-3-7-13(8-4-1)15(14-9-5-2-6-10-14)23-12-11-18-17(23)16-19-21-22-20-16;18-13-16-19-11-12-20(16)17(14-7-3-1-4-8-14)15-9-5-2-6-10-15/h1-12,15H,(H,19,20,21,22);1-12,17H. The van der Waals surface area contributed by atoms with Gasteiger partial charge in [0.1, 0.15) is 6.07 Å². The van der Waals surface area contributed by atoms with Gasteiger partial charge in [-0.2, -0.15) is 10.5 Å². The van der Waals surface area contributed by atoms with E-state index in [1.807, 2.05) is 89.8 Å². The molecule has 0 aliphatic rings. The van der Waals surface area contributed by atoms with Crippen LogP contribution >= 0.6 is 0 Å². The summed E-state index contributed by atoms with van der Waals surface area (Å²) in [7, 11) is 0. The Balaban J connectivity index is 0.000000155. The van der Waals surface area contributed by atoms with E-state index in [0.29, 0.717) is 17.5 Å². The summed E-state index contributed by atoms with van der Waals surface area (Å²) in [5, 5.41) is 23.4. The third-order valence-corrected chi connectivity index (χ3v) is 7.00. The molecule has 1 N–H and O–H groups in total. The second-order valence-corrected chi connectivity index (χ2v) is 9.61. The molecule has 0 aliphatic carbocycles. The average molecular weight is 562 g/mol. The number of aromatic nitrogens is 8. The molecule has 0 fully saturated rings. The largest absolute Gasteiger partial charge is 0.317 e. The topological polar surface area (TPSA) is 114 Å². The molecule has 0 atom stereocenters. The number of hydrogen-bond donors (Lipinski definition) is 1. The minimum atomic E-state index is -0.0328. The van der Waals surface area contributed by atoms with Crippen LogP contribution in [0, 0.1) is 11.3 Å². The fourth-order valence-electron chi connectivity index (χ4n) is 5.13. The van der Waals surface area contributed by atoms with E-state index >= 15 is 0 Å². The second kappa shape index (κ2) is 13.0. The van der Waals surface area contributed by atoms with E-state index in [2.05, 4.69) is 89.8 Å². The number of imidazole rings is 2. The van der Waals surface area contributed by atoms with Crippen LogP contribution in [-0.2, 0) is 0 Å². The Kier molecular flexibility index (Phi) is 8.19. The molecule has 3 heterocycles. The van der Waals surface area contributed by atoms with Gasteiger partial charge in [-0.15, -0.1) is 10.2 Å². The number of nitrogens with one attached hydrogen (secondary N) is 1. The predicted octanol–water partition coefficient (Wildman–Crippen LogP) is 6.09. The van der Waals surface area contributed by atoms with Crippen molar-refractivity contribution >= 4 is 0 Å². The van der Waals surface area contributed by atoms with E-state index < -0.39 is 0 Å². The number of H-pyrrole nitrogens is 1. The van der Waals surface area contributed by atoms with Crippen LogP contribution in [0.5, 0.6) is 0 Å². The molecule has 0 saturated heterocycles. The molecule has 0 bridgehead atoms. The fraction of sp³-hybridized carbons (Fsp3) is 0.0588. The van der Waals surface area contributed by atoms with Crippen LogP contribution in [0.25, 0.3) is 11.6 Å². The minimum absolute atomic E-state index is 0.00611. The number of benzene rings is 4. The zero-order valence-corrected chi connectivity index (χ0v) is 23.1. The van der Waals surface area contributed by atoms with E-state index in [1.165, 1.54) is 11.1 Å². The van der Waals surface area contributed by atoms with Crippen LogP contribution in [0.3, 0.4) is 0 Å². The van der Waals surface area contributed by atoms with Crippen molar-refractivity contribution in [1.29, 1.82) is 5.26 Å².